The number of Topliss-reactive ketones (excluding diaryl/α,β-unsaturated/α-hetero) is 1. The summed E-state index contributed by atoms with van der Waals surface area (Å²) in [6, 6.07) is 0. The molecule has 0 saturated carbocycles. The van der Waals surface area contributed by atoms with Crippen LogP contribution in [0.2, 0.25) is 0 Å². The van der Waals surface area contributed by atoms with Gasteiger partial charge in [-0.2, -0.15) is 0 Å². The first-order chi connectivity index (χ1) is 8.29. The van der Waals surface area contributed by atoms with Crippen molar-refractivity contribution in [1.29, 1.82) is 0 Å². The van der Waals surface area contributed by atoms with E-state index >= 15 is 0 Å². The average Bonchev–Trinajstić information content (AvgIpc) is 2.48. The second kappa shape index (κ2) is 4.97. The minimum Gasteiger partial charge on any atom is -0.475 e. The van der Waals surface area contributed by atoms with Crippen LogP contribution >= 0.6 is 0 Å². The third-order valence-electron chi connectivity index (χ3n) is 2.29. The smallest absolute Gasteiger partial charge is 0.209 e. The fraction of sp³-hybridized carbons (Fsp3) is 0.267. The fourth-order valence-corrected chi connectivity index (χ4v) is 1.50. The maximum atomic E-state index is 11.9. The molecule has 0 aromatic heterocycles. The van der Waals surface area contributed by atoms with Crippen molar-refractivity contribution in [3.63, 3.8) is 0 Å². The minimum absolute atomic E-state index is 0.172. The molecule has 1 heterocycles. The van der Waals surface area contributed by atoms with Crippen LogP contribution in [0.1, 0.15) is 20.8 Å². The maximum absolute atomic E-state index is 11.9. The number of rotatable bonds is 3. The van der Waals surface area contributed by atoms with E-state index in [0.29, 0.717) is 17.3 Å². The highest BCUT2D eigenvalue weighted by Crippen LogP contribution is 2.35. The molecule has 0 aromatic rings. The molecule has 18 heavy (non-hydrogen) atoms. The second-order valence-corrected chi connectivity index (χ2v) is 4.42. The van der Waals surface area contributed by atoms with Crippen molar-refractivity contribution in [1.82, 2.24) is 0 Å². The highest BCUT2D eigenvalue weighted by Gasteiger charge is 2.42. The Hall–Kier alpha value is -2.21. The van der Waals surface area contributed by atoms with E-state index in [-0.39, 0.29) is 11.4 Å². The topological polar surface area (TPSA) is 35.5 Å². The molecule has 1 aliphatic rings. The highest BCUT2D eigenvalue weighted by molar-refractivity contribution is 6.06. The maximum Gasteiger partial charge on any atom is 0.209 e. The molecule has 1 saturated heterocycles. The Kier molecular flexibility index (Phi) is 3.82. The van der Waals surface area contributed by atoms with Gasteiger partial charge in [-0.3, -0.25) is 4.79 Å². The summed E-state index contributed by atoms with van der Waals surface area (Å²) in [5.74, 6) is 3.28. The molecule has 0 unspecified atom stereocenters. The molecule has 3 heteroatoms. The lowest BCUT2D eigenvalue weighted by Gasteiger charge is -2.16. The SMILES string of the molecule is C#C/C=C\C(OC(=C)C)=C1\OC(C)(C)C(=O)C1=C. The van der Waals surface area contributed by atoms with E-state index in [9.17, 15) is 4.79 Å². The summed E-state index contributed by atoms with van der Waals surface area (Å²) in [6.07, 6.45) is 8.16. The van der Waals surface area contributed by atoms with Crippen LogP contribution in [-0.4, -0.2) is 11.4 Å². The molecule has 0 bridgehead atoms. The Bertz CT molecular complexity index is 510. The van der Waals surface area contributed by atoms with Crippen LogP contribution in [-0.2, 0) is 14.3 Å². The van der Waals surface area contributed by atoms with Crippen LogP contribution in [0, 0.1) is 12.3 Å². The zero-order valence-corrected chi connectivity index (χ0v) is 10.9. The molecule has 0 N–H and O–H groups in total. The Balaban J connectivity index is 3.25. The van der Waals surface area contributed by atoms with Crippen LogP contribution in [0.5, 0.6) is 0 Å². The lowest BCUT2D eigenvalue weighted by atomic mass is 10.0. The first kappa shape index (κ1) is 13.9. The van der Waals surface area contributed by atoms with E-state index in [1.54, 1.807) is 26.8 Å². The van der Waals surface area contributed by atoms with E-state index in [1.807, 2.05) is 0 Å². The number of carbonyl (C=O) groups excluding carboxylic acids is 1. The minimum atomic E-state index is -0.930. The van der Waals surface area contributed by atoms with Crippen molar-refractivity contribution in [2.75, 3.05) is 0 Å². The van der Waals surface area contributed by atoms with Gasteiger partial charge in [0.1, 0.15) is 0 Å². The van der Waals surface area contributed by atoms with Crippen LogP contribution in [0.15, 0.2) is 48.2 Å². The Labute approximate surface area is 107 Å². The quantitative estimate of drug-likeness (QED) is 0.435. The molecular formula is C15H16O3. The van der Waals surface area contributed by atoms with Gasteiger partial charge in [0.05, 0.1) is 11.3 Å². The number of ether oxygens (including phenoxy) is 2. The summed E-state index contributed by atoms with van der Waals surface area (Å²) in [6.45, 7) is 12.4. The molecule has 0 aromatic carbocycles. The van der Waals surface area contributed by atoms with Gasteiger partial charge in [-0.1, -0.05) is 19.1 Å². The van der Waals surface area contributed by atoms with Gasteiger partial charge in [-0.15, -0.1) is 6.42 Å². The lowest BCUT2D eigenvalue weighted by molar-refractivity contribution is -0.125. The summed E-state index contributed by atoms with van der Waals surface area (Å²) in [7, 11) is 0. The molecular weight excluding hydrogens is 228 g/mol. The molecule has 1 fully saturated rings. The molecule has 1 rings (SSSR count). The predicted molar refractivity (Wildman–Crippen MR) is 70.2 cm³/mol. The van der Waals surface area contributed by atoms with E-state index in [2.05, 4.69) is 19.1 Å². The van der Waals surface area contributed by atoms with Gasteiger partial charge in [0.2, 0.25) is 5.78 Å². The van der Waals surface area contributed by atoms with E-state index in [4.69, 9.17) is 15.9 Å². The molecule has 1 aliphatic heterocycles. The van der Waals surface area contributed by atoms with Gasteiger partial charge < -0.3 is 9.47 Å². The normalized spacial score (nSPS) is 20.6. The zero-order chi connectivity index (χ0) is 13.9. The zero-order valence-electron chi connectivity index (χ0n) is 10.9. The molecule has 0 amide bonds. The molecule has 0 atom stereocenters. The van der Waals surface area contributed by atoms with Crippen LogP contribution in [0.4, 0.5) is 0 Å². The Morgan fingerprint density at radius 1 is 1.56 bits per heavy atom. The number of allylic oxidation sites excluding steroid dienone is 4. The number of terminal acetylenes is 1. The molecule has 3 nitrogen and oxygen atoms in total. The van der Waals surface area contributed by atoms with Crippen LogP contribution < -0.4 is 0 Å². The van der Waals surface area contributed by atoms with Gasteiger partial charge >= 0.3 is 0 Å². The van der Waals surface area contributed by atoms with Gasteiger partial charge in [-0.25, -0.2) is 0 Å². The molecule has 0 aliphatic carbocycles. The number of hydrogen-bond acceptors (Lipinski definition) is 3. The highest BCUT2D eigenvalue weighted by atomic mass is 16.5. The Morgan fingerprint density at radius 3 is 2.56 bits per heavy atom. The first-order valence-corrected chi connectivity index (χ1v) is 5.43. The van der Waals surface area contributed by atoms with Gasteiger partial charge in [-0.05, 0) is 32.9 Å². The molecule has 94 valence electrons. The summed E-state index contributed by atoms with van der Waals surface area (Å²) in [5, 5.41) is 0. The third-order valence-corrected chi connectivity index (χ3v) is 2.29. The van der Waals surface area contributed by atoms with Crippen molar-refractivity contribution < 1.29 is 14.3 Å². The van der Waals surface area contributed by atoms with Crippen molar-refractivity contribution >= 4 is 5.78 Å². The van der Waals surface area contributed by atoms with E-state index < -0.39 is 5.60 Å². The monoisotopic (exact) mass is 244 g/mol. The van der Waals surface area contributed by atoms with E-state index in [1.165, 1.54) is 6.08 Å². The number of ketones is 1. The van der Waals surface area contributed by atoms with Crippen molar-refractivity contribution in [3.05, 3.63) is 48.2 Å². The summed E-state index contributed by atoms with van der Waals surface area (Å²) < 4.78 is 11.0. The largest absolute Gasteiger partial charge is 0.475 e. The second-order valence-electron chi connectivity index (χ2n) is 4.42. The van der Waals surface area contributed by atoms with Gasteiger partial charge in [0.25, 0.3) is 0 Å². The summed E-state index contributed by atoms with van der Waals surface area (Å²) in [5.41, 5.74) is -0.655. The molecule has 0 radical (unpaired) electrons. The van der Waals surface area contributed by atoms with Crippen LogP contribution in [0.3, 0.4) is 0 Å². The average molecular weight is 244 g/mol. The van der Waals surface area contributed by atoms with Crippen molar-refractivity contribution in [2.45, 2.75) is 26.4 Å². The standard InChI is InChI=1S/C15H16O3/c1-7-8-9-12(17-10(2)3)13-11(4)14(16)15(5,6)18-13/h1,8-9H,2,4H2,3,5-6H3/b9-8-,13-12-. The fourth-order valence-electron chi connectivity index (χ4n) is 1.50. The Morgan fingerprint density at radius 2 is 2.17 bits per heavy atom. The molecule has 0 spiro atoms. The van der Waals surface area contributed by atoms with Crippen molar-refractivity contribution in [3.8, 4) is 12.3 Å². The lowest BCUT2D eigenvalue weighted by Crippen LogP contribution is -2.27. The summed E-state index contributed by atoms with van der Waals surface area (Å²) >= 11 is 0. The van der Waals surface area contributed by atoms with E-state index in [0.717, 1.165) is 0 Å². The van der Waals surface area contributed by atoms with Crippen LogP contribution in [0.25, 0.3) is 0 Å². The van der Waals surface area contributed by atoms with Gasteiger partial charge in [0.15, 0.2) is 17.1 Å². The predicted octanol–water partition coefficient (Wildman–Crippen LogP) is 2.87. The first-order valence-electron chi connectivity index (χ1n) is 5.43. The number of hydrogen-bond donors (Lipinski definition) is 0. The summed E-state index contributed by atoms with van der Waals surface area (Å²) in [4.78, 5) is 11.9. The number of carbonyl (C=O) groups is 1. The third kappa shape index (κ3) is 2.72. The van der Waals surface area contributed by atoms with Crippen molar-refractivity contribution in [2.24, 2.45) is 0 Å². The van der Waals surface area contributed by atoms with Gasteiger partial charge in [0, 0.05) is 0 Å².